The molecule has 1 amide bonds. The van der Waals surface area contributed by atoms with E-state index >= 15 is 0 Å². The van der Waals surface area contributed by atoms with Crippen molar-refractivity contribution in [1.29, 1.82) is 0 Å². The molecule has 0 aliphatic rings. The van der Waals surface area contributed by atoms with Gasteiger partial charge < -0.3 is 10.1 Å². The summed E-state index contributed by atoms with van der Waals surface area (Å²) in [5.41, 5.74) is 5.40. The van der Waals surface area contributed by atoms with Gasteiger partial charge >= 0.3 is 0 Å². The van der Waals surface area contributed by atoms with Crippen molar-refractivity contribution < 1.29 is 17.9 Å². The highest BCUT2D eigenvalue weighted by Gasteiger charge is 2.21. The highest BCUT2D eigenvalue weighted by molar-refractivity contribution is 7.92. The van der Waals surface area contributed by atoms with Crippen LogP contribution in [0.2, 0.25) is 0 Å². The number of hydrogen-bond acceptors (Lipinski definition) is 4. The van der Waals surface area contributed by atoms with Crippen LogP contribution in [0.25, 0.3) is 0 Å². The molecule has 3 rings (SSSR count). The molecule has 1 atom stereocenters. The fourth-order valence-corrected chi connectivity index (χ4v) is 5.36. The van der Waals surface area contributed by atoms with Gasteiger partial charge in [0.25, 0.3) is 15.9 Å². The molecule has 0 fully saturated rings. The topological polar surface area (TPSA) is 84.5 Å². The van der Waals surface area contributed by atoms with Crippen LogP contribution in [0.1, 0.15) is 70.9 Å². The van der Waals surface area contributed by atoms with E-state index in [-0.39, 0.29) is 28.3 Å². The van der Waals surface area contributed by atoms with E-state index in [1.807, 2.05) is 39.0 Å². The minimum Gasteiger partial charge on any atom is -0.496 e. The first-order valence-electron chi connectivity index (χ1n) is 11.6. The Morgan fingerprint density at radius 2 is 1.51 bits per heavy atom. The molecule has 0 radical (unpaired) electrons. The van der Waals surface area contributed by atoms with Crippen molar-refractivity contribution in [3.8, 4) is 5.75 Å². The Kier molecular flexibility index (Phi) is 7.90. The van der Waals surface area contributed by atoms with Crippen LogP contribution in [0.15, 0.2) is 59.5 Å². The second-order valence-corrected chi connectivity index (χ2v) is 10.9. The molecule has 3 aromatic rings. The second kappa shape index (κ2) is 10.5. The van der Waals surface area contributed by atoms with Crippen molar-refractivity contribution in [2.75, 3.05) is 11.8 Å². The molecule has 6 nitrogen and oxygen atoms in total. The number of methoxy groups -OCH3 is 1. The molecule has 186 valence electrons. The fraction of sp³-hybridized carbons (Fsp3) is 0.321. The van der Waals surface area contributed by atoms with E-state index in [0.29, 0.717) is 11.3 Å². The number of amides is 1. The highest BCUT2D eigenvalue weighted by Crippen LogP contribution is 2.32. The largest absolute Gasteiger partial charge is 0.496 e. The van der Waals surface area contributed by atoms with Crippen molar-refractivity contribution >= 4 is 21.6 Å². The van der Waals surface area contributed by atoms with Crippen LogP contribution < -0.4 is 14.8 Å². The molecule has 2 N–H and O–H groups in total. The van der Waals surface area contributed by atoms with Crippen LogP contribution in [0.3, 0.4) is 0 Å². The standard InChI is InChI=1S/C28H34N2O4S/c1-17(2)24-16-25(20(5)14-26(24)34-7)21(6)29-28(31)22-11-10-19(4)27(15-22)35(32,33)30-23-12-8-18(3)9-13-23/h8-17,21,30H,1-7H3,(H,29,31)/t21-/m0/s1. The highest BCUT2D eigenvalue weighted by atomic mass is 32.2. The van der Waals surface area contributed by atoms with Gasteiger partial charge in [-0.1, -0.05) is 37.6 Å². The van der Waals surface area contributed by atoms with Gasteiger partial charge in [-0.25, -0.2) is 8.42 Å². The molecule has 7 heteroatoms. The smallest absolute Gasteiger partial charge is 0.262 e. The van der Waals surface area contributed by atoms with Gasteiger partial charge in [0, 0.05) is 11.3 Å². The molecule has 0 aliphatic heterocycles. The number of ether oxygens (including phenoxy) is 1. The molecular formula is C28H34N2O4S. The Balaban J connectivity index is 1.86. The predicted octanol–water partition coefficient (Wildman–Crippen LogP) is 6.04. The monoisotopic (exact) mass is 494 g/mol. The summed E-state index contributed by atoms with van der Waals surface area (Å²) in [5, 5.41) is 3.02. The van der Waals surface area contributed by atoms with E-state index in [2.05, 4.69) is 30.0 Å². The Bertz CT molecular complexity index is 1330. The number of carbonyl (C=O) groups excluding carboxylic acids is 1. The van der Waals surface area contributed by atoms with E-state index < -0.39 is 10.0 Å². The lowest BCUT2D eigenvalue weighted by atomic mass is 9.93. The summed E-state index contributed by atoms with van der Waals surface area (Å²) in [7, 11) is -2.21. The van der Waals surface area contributed by atoms with Crippen LogP contribution in [0.4, 0.5) is 5.69 Å². The average molecular weight is 495 g/mol. The zero-order valence-electron chi connectivity index (χ0n) is 21.4. The number of sulfonamides is 1. The fourth-order valence-electron chi connectivity index (χ4n) is 4.03. The third-order valence-corrected chi connectivity index (χ3v) is 7.62. The van der Waals surface area contributed by atoms with Crippen molar-refractivity contribution in [1.82, 2.24) is 5.32 Å². The quantitative estimate of drug-likeness (QED) is 0.400. The van der Waals surface area contributed by atoms with E-state index in [0.717, 1.165) is 28.0 Å². The van der Waals surface area contributed by atoms with Gasteiger partial charge in [-0.3, -0.25) is 9.52 Å². The van der Waals surface area contributed by atoms with E-state index in [9.17, 15) is 13.2 Å². The summed E-state index contributed by atoms with van der Waals surface area (Å²) in [6, 6.07) is 15.6. The van der Waals surface area contributed by atoms with Crippen molar-refractivity contribution in [2.45, 2.75) is 58.4 Å². The average Bonchev–Trinajstić information content (AvgIpc) is 2.79. The van der Waals surface area contributed by atoms with Crippen molar-refractivity contribution in [3.63, 3.8) is 0 Å². The molecule has 35 heavy (non-hydrogen) atoms. The molecule has 0 aromatic heterocycles. The number of carbonyl (C=O) groups is 1. The number of rotatable bonds is 8. The van der Waals surface area contributed by atoms with Gasteiger partial charge in [0.2, 0.25) is 0 Å². The Labute approximate surface area is 208 Å². The van der Waals surface area contributed by atoms with E-state index in [1.165, 1.54) is 6.07 Å². The molecule has 0 heterocycles. The van der Waals surface area contributed by atoms with Crippen LogP contribution in [-0.2, 0) is 10.0 Å². The molecule has 0 aliphatic carbocycles. The molecular weight excluding hydrogens is 460 g/mol. The molecule has 0 bridgehead atoms. The Hall–Kier alpha value is -3.32. The van der Waals surface area contributed by atoms with Crippen molar-refractivity contribution in [2.24, 2.45) is 0 Å². The number of aryl methyl sites for hydroxylation is 3. The normalized spacial score (nSPS) is 12.3. The summed E-state index contributed by atoms with van der Waals surface area (Å²) in [6.07, 6.45) is 0. The molecule has 0 saturated heterocycles. The zero-order chi connectivity index (χ0) is 25.9. The van der Waals surface area contributed by atoms with Crippen molar-refractivity contribution in [3.05, 3.63) is 88.0 Å². The lowest BCUT2D eigenvalue weighted by Crippen LogP contribution is -2.27. The van der Waals surface area contributed by atoms with Gasteiger partial charge in [0.1, 0.15) is 5.75 Å². The third kappa shape index (κ3) is 6.03. The maximum absolute atomic E-state index is 13.1. The minimum atomic E-state index is -3.87. The minimum absolute atomic E-state index is 0.0705. The summed E-state index contributed by atoms with van der Waals surface area (Å²) < 4.78 is 34.3. The van der Waals surface area contributed by atoms with Gasteiger partial charge in [-0.2, -0.15) is 0 Å². The Morgan fingerprint density at radius 1 is 0.857 bits per heavy atom. The zero-order valence-corrected chi connectivity index (χ0v) is 22.2. The van der Waals surface area contributed by atoms with Gasteiger partial charge in [-0.15, -0.1) is 0 Å². The van der Waals surface area contributed by atoms with Gasteiger partial charge in [-0.05, 0) is 92.3 Å². The predicted molar refractivity (Wildman–Crippen MR) is 141 cm³/mol. The van der Waals surface area contributed by atoms with Gasteiger partial charge in [0.15, 0.2) is 0 Å². The maximum atomic E-state index is 13.1. The lowest BCUT2D eigenvalue weighted by molar-refractivity contribution is 0.0939. The van der Waals surface area contributed by atoms with Crippen LogP contribution in [-0.4, -0.2) is 21.4 Å². The summed E-state index contributed by atoms with van der Waals surface area (Å²) in [6.45, 7) is 11.7. The SMILES string of the molecule is COc1cc(C)c([C@H](C)NC(=O)c2ccc(C)c(S(=O)(=O)Nc3ccc(C)cc3)c2)cc1C(C)C. The first-order chi connectivity index (χ1) is 16.4. The number of hydrogen-bond donors (Lipinski definition) is 2. The van der Waals surface area contributed by atoms with Gasteiger partial charge in [0.05, 0.1) is 18.0 Å². The van der Waals surface area contributed by atoms with E-state index in [4.69, 9.17) is 4.74 Å². The maximum Gasteiger partial charge on any atom is 0.262 e. The van der Waals surface area contributed by atoms with Crippen LogP contribution in [0.5, 0.6) is 5.75 Å². The van der Waals surface area contributed by atoms with Crippen LogP contribution in [0, 0.1) is 20.8 Å². The summed E-state index contributed by atoms with van der Waals surface area (Å²) >= 11 is 0. The number of benzene rings is 3. The Morgan fingerprint density at radius 3 is 2.11 bits per heavy atom. The number of nitrogens with one attached hydrogen (secondary N) is 2. The molecule has 0 saturated carbocycles. The number of anilines is 1. The molecule has 3 aromatic carbocycles. The summed E-state index contributed by atoms with van der Waals surface area (Å²) in [4.78, 5) is 13.2. The van der Waals surface area contributed by atoms with Crippen LogP contribution >= 0.6 is 0 Å². The third-order valence-electron chi connectivity index (χ3n) is 6.10. The first-order valence-corrected chi connectivity index (χ1v) is 13.1. The molecule has 0 unspecified atom stereocenters. The molecule has 0 spiro atoms. The first kappa shape index (κ1) is 26.3. The lowest BCUT2D eigenvalue weighted by Gasteiger charge is -2.21. The van der Waals surface area contributed by atoms with E-state index in [1.54, 1.807) is 38.3 Å². The second-order valence-electron chi connectivity index (χ2n) is 9.25. The summed E-state index contributed by atoms with van der Waals surface area (Å²) in [5.74, 6) is 0.748.